The summed E-state index contributed by atoms with van der Waals surface area (Å²) in [5.74, 6) is 0. The number of anilines is 1. The van der Waals surface area contributed by atoms with E-state index in [9.17, 15) is 0 Å². The van der Waals surface area contributed by atoms with Gasteiger partial charge in [0.05, 0.1) is 23.4 Å². The van der Waals surface area contributed by atoms with E-state index in [-0.39, 0.29) is 5.41 Å². The topological polar surface area (TPSA) is 41.0 Å². The maximum Gasteiger partial charge on any atom is 0.185 e. The van der Waals surface area contributed by atoms with Crippen LogP contribution in [0.4, 0.5) is 5.13 Å². The molecule has 0 aliphatic rings. The number of hydrogen-bond donors (Lipinski definition) is 1. The highest BCUT2D eigenvalue weighted by Crippen LogP contribution is 2.33. The van der Waals surface area contributed by atoms with Crippen LogP contribution in [0, 0.1) is 0 Å². The fourth-order valence-electron chi connectivity index (χ4n) is 2.00. The Morgan fingerprint density at radius 2 is 2.10 bits per heavy atom. The third-order valence-electron chi connectivity index (χ3n) is 2.94. The fourth-order valence-corrected chi connectivity index (χ4v) is 3.79. The Morgan fingerprint density at radius 1 is 1.35 bits per heavy atom. The molecule has 0 saturated heterocycles. The van der Waals surface area contributed by atoms with Crippen molar-refractivity contribution in [3.8, 4) is 0 Å². The highest BCUT2D eigenvalue weighted by Gasteiger charge is 2.24. The van der Waals surface area contributed by atoms with Gasteiger partial charge in [-0.25, -0.2) is 9.97 Å². The minimum Gasteiger partial charge on any atom is -0.345 e. The van der Waals surface area contributed by atoms with Gasteiger partial charge in [0.25, 0.3) is 0 Å². The minimum absolute atomic E-state index is 0.0718. The number of nitrogens with zero attached hydrogens (tertiary/aromatic N) is 3. The van der Waals surface area contributed by atoms with Gasteiger partial charge in [-0.1, -0.05) is 20.8 Å². The molecular weight excluding hydrogens is 288 g/mol. The van der Waals surface area contributed by atoms with Crippen LogP contribution in [-0.2, 0) is 18.5 Å². The van der Waals surface area contributed by atoms with E-state index in [4.69, 9.17) is 4.98 Å². The molecule has 2 aromatic heterocycles. The number of rotatable bonds is 5. The van der Waals surface area contributed by atoms with Crippen LogP contribution in [0.2, 0.25) is 0 Å². The van der Waals surface area contributed by atoms with E-state index in [0.717, 1.165) is 23.9 Å². The van der Waals surface area contributed by atoms with Gasteiger partial charge >= 0.3 is 0 Å². The highest BCUT2D eigenvalue weighted by atomic mass is 32.1. The first kappa shape index (κ1) is 15.4. The fraction of sp³-hybridized carbons (Fsp3) is 0.571. The van der Waals surface area contributed by atoms with Gasteiger partial charge in [-0.3, -0.25) is 0 Å². The summed E-state index contributed by atoms with van der Waals surface area (Å²) in [4.78, 5) is 12.7. The van der Waals surface area contributed by atoms with Crippen LogP contribution < -0.4 is 10.2 Å². The lowest BCUT2D eigenvalue weighted by molar-refractivity contribution is 0.563. The molecule has 2 rings (SSSR count). The van der Waals surface area contributed by atoms with Crippen LogP contribution in [0.15, 0.2) is 10.9 Å². The Balaban J connectivity index is 2.23. The van der Waals surface area contributed by atoms with Crippen molar-refractivity contribution in [2.24, 2.45) is 0 Å². The molecule has 0 atom stereocenters. The summed E-state index contributed by atoms with van der Waals surface area (Å²) in [6.07, 6.45) is 0. The van der Waals surface area contributed by atoms with E-state index in [0.29, 0.717) is 0 Å². The molecule has 1 N–H and O–H groups in total. The largest absolute Gasteiger partial charge is 0.345 e. The second kappa shape index (κ2) is 6.20. The van der Waals surface area contributed by atoms with Crippen molar-refractivity contribution in [2.45, 2.75) is 39.3 Å². The molecule has 0 aliphatic carbocycles. The zero-order valence-electron chi connectivity index (χ0n) is 12.7. The standard InChI is InChI=1S/C14H22N4S2/c1-14(2,3)12-11(6-15-4)20-13(17-12)18(5)7-10-8-19-9-16-10/h8-9,15H,6-7H2,1-5H3. The van der Waals surface area contributed by atoms with Crippen molar-refractivity contribution in [1.82, 2.24) is 15.3 Å². The SMILES string of the molecule is CNCc1sc(N(C)Cc2cscn2)nc1C(C)(C)C. The molecule has 0 bridgehead atoms. The first-order chi connectivity index (χ1) is 9.41. The lowest BCUT2D eigenvalue weighted by Gasteiger charge is -2.18. The first-order valence-electron chi connectivity index (χ1n) is 6.65. The highest BCUT2D eigenvalue weighted by molar-refractivity contribution is 7.15. The molecule has 0 spiro atoms. The molecule has 0 aromatic carbocycles. The maximum absolute atomic E-state index is 4.86. The quantitative estimate of drug-likeness (QED) is 0.920. The average Bonchev–Trinajstić information content (AvgIpc) is 2.97. The van der Waals surface area contributed by atoms with Crippen molar-refractivity contribution in [3.05, 3.63) is 27.2 Å². The molecular formula is C14H22N4S2. The van der Waals surface area contributed by atoms with Gasteiger partial charge in [0.1, 0.15) is 0 Å². The second-order valence-corrected chi connectivity index (χ2v) is 7.67. The normalized spacial score (nSPS) is 11.8. The Hall–Kier alpha value is -0.980. The summed E-state index contributed by atoms with van der Waals surface area (Å²) >= 11 is 3.40. The third kappa shape index (κ3) is 3.56. The first-order valence-corrected chi connectivity index (χ1v) is 8.40. The van der Waals surface area contributed by atoms with E-state index >= 15 is 0 Å². The summed E-state index contributed by atoms with van der Waals surface area (Å²) < 4.78 is 0. The van der Waals surface area contributed by atoms with E-state index in [1.54, 1.807) is 22.7 Å². The van der Waals surface area contributed by atoms with E-state index in [1.165, 1.54) is 10.6 Å². The number of hydrogen-bond acceptors (Lipinski definition) is 6. The lowest BCUT2D eigenvalue weighted by atomic mass is 9.91. The summed E-state index contributed by atoms with van der Waals surface area (Å²) in [6.45, 7) is 8.32. The summed E-state index contributed by atoms with van der Waals surface area (Å²) in [6, 6.07) is 0. The van der Waals surface area contributed by atoms with Gasteiger partial charge in [0.2, 0.25) is 0 Å². The molecule has 0 fully saturated rings. The molecule has 0 radical (unpaired) electrons. The van der Waals surface area contributed by atoms with Crippen LogP contribution >= 0.6 is 22.7 Å². The van der Waals surface area contributed by atoms with Crippen molar-refractivity contribution in [3.63, 3.8) is 0 Å². The van der Waals surface area contributed by atoms with Gasteiger partial charge in [-0.2, -0.15) is 0 Å². The molecule has 0 amide bonds. The molecule has 0 saturated carbocycles. The third-order valence-corrected chi connectivity index (χ3v) is 4.75. The summed E-state index contributed by atoms with van der Waals surface area (Å²) in [7, 11) is 4.05. The molecule has 110 valence electrons. The average molecular weight is 310 g/mol. The Labute approximate surface area is 128 Å². The van der Waals surface area contributed by atoms with E-state index in [2.05, 4.69) is 48.4 Å². The minimum atomic E-state index is 0.0718. The van der Waals surface area contributed by atoms with Gasteiger partial charge in [-0.15, -0.1) is 22.7 Å². The van der Waals surface area contributed by atoms with Crippen molar-refractivity contribution in [2.75, 3.05) is 19.0 Å². The lowest BCUT2D eigenvalue weighted by Crippen LogP contribution is -2.18. The summed E-state index contributed by atoms with van der Waals surface area (Å²) in [5.41, 5.74) is 4.23. The van der Waals surface area contributed by atoms with Crippen molar-refractivity contribution >= 4 is 27.8 Å². The Kier molecular flexibility index (Phi) is 4.78. The Morgan fingerprint density at radius 3 is 2.65 bits per heavy atom. The van der Waals surface area contributed by atoms with Gasteiger partial charge in [0, 0.05) is 29.3 Å². The van der Waals surface area contributed by atoms with Crippen LogP contribution in [0.3, 0.4) is 0 Å². The zero-order valence-corrected chi connectivity index (χ0v) is 14.4. The van der Waals surface area contributed by atoms with Crippen molar-refractivity contribution in [1.29, 1.82) is 0 Å². The maximum atomic E-state index is 4.86. The molecule has 2 heterocycles. The predicted octanol–water partition coefficient (Wildman–Crippen LogP) is 3.25. The summed E-state index contributed by atoms with van der Waals surface area (Å²) in [5, 5.41) is 6.39. The molecule has 0 aliphatic heterocycles. The molecule has 4 nitrogen and oxygen atoms in total. The monoisotopic (exact) mass is 310 g/mol. The number of aromatic nitrogens is 2. The van der Waals surface area contributed by atoms with Crippen molar-refractivity contribution < 1.29 is 0 Å². The molecule has 6 heteroatoms. The van der Waals surface area contributed by atoms with Gasteiger partial charge < -0.3 is 10.2 Å². The zero-order chi connectivity index (χ0) is 14.8. The smallest absolute Gasteiger partial charge is 0.185 e. The molecule has 0 unspecified atom stereocenters. The van der Waals surface area contributed by atoms with Crippen LogP contribution in [0.1, 0.15) is 37.0 Å². The van der Waals surface area contributed by atoms with Gasteiger partial charge in [-0.05, 0) is 7.05 Å². The number of thiazole rings is 2. The molecule has 20 heavy (non-hydrogen) atoms. The van der Waals surface area contributed by atoms with Crippen LogP contribution in [-0.4, -0.2) is 24.1 Å². The second-order valence-electron chi connectivity index (χ2n) is 5.88. The Bertz CT molecular complexity index is 540. The number of nitrogens with one attached hydrogen (secondary N) is 1. The van der Waals surface area contributed by atoms with Gasteiger partial charge in [0.15, 0.2) is 5.13 Å². The van der Waals surface area contributed by atoms with E-state index in [1.807, 2.05) is 12.6 Å². The molecule has 2 aromatic rings. The van der Waals surface area contributed by atoms with E-state index < -0.39 is 0 Å². The van der Waals surface area contributed by atoms with Crippen LogP contribution in [0.25, 0.3) is 0 Å². The van der Waals surface area contributed by atoms with Crippen LogP contribution in [0.5, 0.6) is 0 Å². The predicted molar refractivity (Wildman–Crippen MR) is 87.8 cm³/mol.